The van der Waals surface area contributed by atoms with Gasteiger partial charge in [0.05, 0.1) is 11.4 Å². The molecular formula is C17H13N3S. The van der Waals surface area contributed by atoms with Crippen LogP contribution in [-0.4, -0.2) is 14.6 Å². The number of aromatic nitrogens is 3. The van der Waals surface area contributed by atoms with E-state index in [4.69, 9.17) is 4.98 Å². The summed E-state index contributed by atoms with van der Waals surface area (Å²) in [6.45, 7) is 0. The van der Waals surface area contributed by atoms with E-state index in [1.807, 2.05) is 34.3 Å². The minimum Gasteiger partial charge on any atom is -0.222 e. The zero-order valence-electron chi connectivity index (χ0n) is 11.3. The highest BCUT2D eigenvalue weighted by molar-refractivity contribution is 7.14. The lowest BCUT2D eigenvalue weighted by Gasteiger charge is -2.04. The van der Waals surface area contributed by atoms with Gasteiger partial charge >= 0.3 is 0 Å². The van der Waals surface area contributed by atoms with Crippen LogP contribution in [0.2, 0.25) is 0 Å². The second kappa shape index (κ2) is 5.14. The Morgan fingerprint density at radius 3 is 2.38 bits per heavy atom. The number of benzene rings is 2. The van der Waals surface area contributed by atoms with E-state index in [1.165, 1.54) is 5.56 Å². The molecule has 0 saturated carbocycles. The molecule has 0 spiro atoms. The van der Waals surface area contributed by atoms with Crippen molar-refractivity contribution in [2.24, 2.45) is 0 Å². The van der Waals surface area contributed by atoms with Crippen molar-refractivity contribution in [1.82, 2.24) is 14.6 Å². The van der Waals surface area contributed by atoms with Crippen molar-refractivity contribution in [2.75, 3.05) is 0 Å². The van der Waals surface area contributed by atoms with Gasteiger partial charge in [0.1, 0.15) is 5.51 Å². The molecular weight excluding hydrogens is 278 g/mol. The largest absolute Gasteiger partial charge is 0.222 e. The molecule has 3 nitrogen and oxygen atoms in total. The highest BCUT2D eigenvalue weighted by atomic mass is 32.1. The van der Waals surface area contributed by atoms with Crippen molar-refractivity contribution in [3.05, 3.63) is 77.4 Å². The molecule has 2 heterocycles. The van der Waals surface area contributed by atoms with Crippen LogP contribution < -0.4 is 0 Å². The van der Waals surface area contributed by atoms with E-state index in [0.29, 0.717) is 0 Å². The fourth-order valence-electron chi connectivity index (χ4n) is 2.53. The zero-order chi connectivity index (χ0) is 14.1. The molecule has 2 aromatic carbocycles. The van der Waals surface area contributed by atoms with Crippen molar-refractivity contribution >= 4 is 16.3 Å². The third-order valence-corrected chi connectivity index (χ3v) is 4.15. The Labute approximate surface area is 126 Å². The summed E-state index contributed by atoms with van der Waals surface area (Å²) in [5.74, 6) is 0. The fraction of sp³-hybridized carbons (Fsp3) is 0.0588. The Bertz CT molecular complexity index is 863. The Balaban J connectivity index is 1.87. The minimum atomic E-state index is 0.821. The van der Waals surface area contributed by atoms with Crippen LogP contribution in [-0.2, 0) is 6.42 Å². The van der Waals surface area contributed by atoms with Gasteiger partial charge in [-0.1, -0.05) is 72.0 Å². The van der Waals surface area contributed by atoms with Crippen molar-refractivity contribution in [3.8, 4) is 11.3 Å². The maximum absolute atomic E-state index is 4.76. The topological polar surface area (TPSA) is 30.2 Å². The van der Waals surface area contributed by atoms with E-state index in [2.05, 4.69) is 41.5 Å². The predicted molar refractivity (Wildman–Crippen MR) is 85.5 cm³/mol. The van der Waals surface area contributed by atoms with Gasteiger partial charge in [0.2, 0.25) is 4.96 Å². The number of fused-ring (bicyclic) bond motifs is 1. The third-order valence-electron chi connectivity index (χ3n) is 3.48. The summed E-state index contributed by atoms with van der Waals surface area (Å²) in [5, 5.41) is 4.43. The van der Waals surface area contributed by atoms with E-state index in [1.54, 1.807) is 11.3 Å². The molecule has 0 radical (unpaired) electrons. The Hall–Kier alpha value is -2.46. The van der Waals surface area contributed by atoms with Crippen LogP contribution in [0, 0.1) is 0 Å². The van der Waals surface area contributed by atoms with Crippen molar-refractivity contribution in [2.45, 2.75) is 6.42 Å². The number of rotatable bonds is 3. The molecule has 102 valence electrons. The predicted octanol–water partition coefficient (Wildman–Crippen LogP) is 4.05. The van der Waals surface area contributed by atoms with Gasteiger partial charge in [0, 0.05) is 12.0 Å². The maximum atomic E-state index is 4.76. The van der Waals surface area contributed by atoms with Crippen LogP contribution in [0.3, 0.4) is 0 Å². The Morgan fingerprint density at radius 1 is 0.905 bits per heavy atom. The molecule has 0 aliphatic carbocycles. The zero-order valence-corrected chi connectivity index (χ0v) is 12.1. The van der Waals surface area contributed by atoms with Crippen LogP contribution in [0.5, 0.6) is 0 Å². The first-order valence-electron chi connectivity index (χ1n) is 6.82. The maximum Gasteiger partial charge on any atom is 0.212 e. The molecule has 0 N–H and O–H groups in total. The lowest BCUT2D eigenvalue weighted by atomic mass is 10.0. The highest BCUT2D eigenvalue weighted by Gasteiger charge is 2.16. The molecule has 4 heteroatoms. The Kier molecular flexibility index (Phi) is 3.01. The molecule has 0 atom stereocenters. The van der Waals surface area contributed by atoms with Crippen LogP contribution in [0.15, 0.2) is 66.2 Å². The summed E-state index contributed by atoms with van der Waals surface area (Å²) >= 11 is 1.57. The summed E-state index contributed by atoms with van der Waals surface area (Å²) < 4.78 is 1.94. The minimum absolute atomic E-state index is 0.821. The lowest BCUT2D eigenvalue weighted by Crippen LogP contribution is -1.94. The number of hydrogen-bond donors (Lipinski definition) is 0. The standard InChI is InChI=1S/C17H13N3S/c1-3-7-13(8-4-1)11-15-16(14-9-5-2-6-10-14)20-17(19-15)21-12-18-20/h1-10,12H,11H2. The molecule has 0 aliphatic rings. The number of imidazole rings is 1. The quantitative estimate of drug-likeness (QED) is 0.570. The first-order chi connectivity index (χ1) is 10.4. The number of nitrogens with zero attached hydrogens (tertiary/aromatic N) is 3. The van der Waals surface area contributed by atoms with E-state index < -0.39 is 0 Å². The Morgan fingerprint density at radius 2 is 1.62 bits per heavy atom. The smallest absolute Gasteiger partial charge is 0.212 e. The van der Waals surface area contributed by atoms with Gasteiger partial charge in [-0.05, 0) is 5.56 Å². The SMILES string of the molecule is c1ccc(Cc2nc3scnn3c2-c2ccccc2)cc1. The molecule has 0 bridgehead atoms. The molecule has 0 saturated heterocycles. The van der Waals surface area contributed by atoms with Gasteiger partial charge in [-0.2, -0.15) is 5.10 Å². The summed E-state index contributed by atoms with van der Waals surface area (Å²) in [6.07, 6.45) is 0.821. The van der Waals surface area contributed by atoms with Gasteiger partial charge in [-0.15, -0.1) is 0 Å². The summed E-state index contributed by atoms with van der Waals surface area (Å²) in [4.78, 5) is 5.71. The average Bonchev–Trinajstić information content (AvgIpc) is 3.09. The first kappa shape index (κ1) is 12.3. The highest BCUT2D eigenvalue weighted by Crippen LogP contribution is 2.27. The van der Waals surface area contributed by atoms with E-state index in [0.717, 1.165) is 28.3 Å². The van der Waals surface area contributed by atoms with E-state index >= 15 is 0 Å². The van der Waals surface area contributed by atoms with Gasteiger partial charge in [0.15, 0.2) is 0 Å². The fourth-order valence-corrected chi connectivity index (χ4v) is 3.17. The molecule has 2 aromatic heterocycles. The van der Waals surface area contributed by atoms with Crippen molar-refractivity contribution < 1.29 is 0 Å². The lowest BCUT2D eigenvalue weighted by molar-refractivity contribution is 0.975. The van der Waals surface area contributed by atoms with E-state index in [9.17, 15) is 0 Å². The summed E-state index contributed by atoms with van der Waals surface area (Å²) in [5.41, 5.74) is 6.42. The average molecular weight is 291 g/mol. The van der Waals surface area contributed by atoms with Gasteiger partial charge in [-0.3, -0.25) is 0 Å². The van der Waals surface area contributed by atoms with Crippen molar-refractivity contribution in [1.29, 1.82) is 0 Å². The van der Waals surface area contributed by atoms with Crippen LogP contribution in [0.4, 0.5) is 0 Å². The van der Waals surface area contributed by atoms with Crippen molar-refractivity contribution in [3.63, 3.8) is 0 Å². The van der Waals surface area contributed by atoms with Crippen LogP contribution in [0.1, 0.15) is 11.3 Å². The first-order valence-corrected chi connectivity index (χ1v) is 7.70. The van der Waals surface area contributed by atoms with Crippen LogP contribution in [0.25, 0.3) is 16.2 Å². The molecule has 4 aromatic rings. The van der Waals surface area contributed by atoms with Gasteiger partial charge < -0.3 is 0 Å². The third kappa shape index (κ3) is 2.23. The molecule has 0 fully saturated rings. The summed E-state index contributed by atoms with van der Waals surface area (Å²) in [6, 6.07) is 20.8. The van der Waals surface area contributed by atoms with Gasteiger partial charge in [-0.25, -0.2) is 9.50 Å². The van der Waals surface area contributed by atoms with E-state index in [-0.39, 0.29) is 0 Å². The molecule has 0 amide bonds. The number of hydrogen-bond acceptors (Lipinski definition) is 3. The second-order valence-electron chi connectivity index (χ2n) is 4.87. The molecule has 0 aliphatic heterocycles. The second-order valence-corrected chi connectivity index (χ2v) is 5.68. The normalized spacial score (nSPS) is 11.0. The molecule has 21 heavy (non-hydrogen) atoms. The van der Waals surface area contributed by atoms with Gasteiger partial charge in [0.25, 0.3) is 0 Å². The molecule has 0 unspecified atom stereocenters. The van der Waals surface area contributed by atoms with Crippen LogP contribution >= 0.6 is 11.3 Å². The molecule has 4 rings (SSSR count). The monoisotopic (exact) mass is 291 g/mol. The summed E-state index contributed by atoms with van der Waals surface area (Å²) in [7, 11) is 0.